The molecule has 7 rings (SSSR count). The van der Waals surface area contributed by atoms with Gasteiger partial charge >= 0.3 is 0 Å². The van der Waals surface area contributed by atoms with E-state index in [-0.39, 0.29) is 0 Å². The Hall–Kier alpha value is -4.42. The average molecular weight is 431 g/mol. The molecule has 158 valence electrons. The van der Waals surface area contributed by atoms with Gasteiger partial charge in [-0.1, -0.05) is 121 Å². The highest BCUT2D eigenvalue weighted by atomic mass is 14.2. The molecule has 0 N–H and O–H groups in total. The molecule has 0 nitrogen and oxygen atoms in total. The van der Waals surface area contributed by atoms with Crippen LogP contribution in [0.2, 0.25) is 0 Å². The molecule has 0 heterocycles. The summed E-state index contributed by atoms with van der Waals surface area (Å²) in [4.78, 5) is 0. The topological polar surface area (TPSA) is 0 Å². The third-order valence-electron chi connectivity index (χ3n) is 7.03. The number of hydrogen-bond acceptors (Lipinski definition) is 0. The van der Waals surface area contributed by atoms with E-state index < -0.39 is 0 Å². The summed E-state index contributed by atoms with van der Waals surface area (Å²) in [5.41, 5.74) is 5.05. The first-order chi connectivity index (χ1) is 16.9. The number of fused-ring (bicyclic) bond motifs is 7. The van der Waals surface area contributed by atoms with Crippen LogP contribution in [0.15, 0.2) is 133 Å². The predicted molar refractivity (Wildman–Crippen MR) is 147 cm³/mol. The molecule has 0 fully saturated rings. The van der Waals surface area contributed by atoms with Crippen LogP contribution >= 0.6 is 0 Å². The van der Waals surface area contributed by atoms with Gasteiger partial charge in [0, 0.05) is 0 Å². The normalized spacial score (nSPS) is 11.5. The van der Waals surface area contributed by atoms with Crippen molar-refractivity contribution in [3.63, 3.8) is 0 Å². The zero-order valence-corrected chi connectivity index (χ0v) is 18.7. The van der Waals surface area contributed by atoms with Crippen molar-refractivity contribution in [1.29, 1.82) is 0 Å². The van der Waals surface area contributed by atoms with E-state index >= 15 is 0 Å². The van der Waals surface area contributed by atoms with Crippen molar-refractivity contribution in [1.82, 2.24) is 0 Å². The van der Waals surface area contributed by atoms with Crippen molar-refractivity contribution in [2.24, 2.45) is 0 Å². The predicted octanol–water partition coefficient (Wildman–Crippen LogP) is 9.63. The van der Waals surface area contributed by atoms with Gasteiger partial charge in [-0.15, -0.1) is 0 Å². The van der Waals surface area contributed by atoms with Gasteiger partial charge in [0.2, 0.25) is 0 Å². The van der Waals surface area contributed by atoms with Crippen molar-refractivity contribution >= 4 is 43.1 Å². The van der Waals surface area contributed by atoms with Crippen LogP contribution in [-0.2, 0) is 0 Å². The van der Waals surface area contributed by atoms with Gasteiger partial charge in [0.05, 0.1) is 0 Å². The van der Waals surface area contributed by atoms with Crippen LogP contribution in [0, 0.1) is 0 Å². The fourth-order valence-corrected chi connectivity index (χ4v) is 5.51. The molecule has 7 aromatic carbocycles. The van der Waals surface area contributed by atoms with Crippen LogP contribution in [0.1, 0.15) is 0 Å². The smallest absolute Gasteiger partial charge is 0.00199 e. The Kier molecular flexibility index (Phi) is 4.25. The molecule has 0 saturated carbocycles. The van der Waals surface area contributed by atoms with Crippen LogP contribution in [0.3, 0.4) is 0 Å². The maximum absolute atomic E-state index is 2.40. The van der Waals surface area contributed by atoms with E-state index in [0.717, 1.165) is 0 Å². The Bertz CT molecular complexity index is 1840. The quantitative estimate of drug-likeness (QED) is 0.239. The SMILES string of the molecule is c1ccc(-c2cc(-c3cccc4ccccc34)cc3c4ccccc4c4ccccc4c23)cc1. The zero-order valence-electron chi connectivity index (χ0n) is 18.7. The molecule has 0 atom stereocenters. The monoisotopic (exact) mass is 430 g/mol. The highest BCUT2D eigenvalue weighted by Crippen LogP contribution is 2.43. The third kappa shape index (κ3) is 2.86. The van der Waals surface area contributed by atoms with Gasteiger partial charge in [-0.3, -0.25) is 0 Å². The summed E-state index contributed by atoms with van der Waals surface area (Å²) < 4.78 is 0. The highest BCUT2D eigenvalue weighted by molar-refractivity contribution is 6.29. The summed E-state index contributed by atoms with van der Waals surface area (Å²) in [6, 6.07) is 48.5. The van der Waals surface area contributed by atoms with Crippen LogP contribution in [0.4, 0.5) is 0 Å². The lowest BCUT2D eigenvalue weighted by molar-refractivity contribution is 1.64. The molecule has 0 heteroatoms. The van der Waals surface area contributed by atoms with Crippen molar-refractivity contribution < 1.29 is 0 Å². The van der Waals surface area contributed by atoms with Crippen LogP contribution in [0.25, 0.3) is 65.3 Å². The molecular formula is C34H22. The minimum atomic E-state index is 1.25. The van der Waals surface area contributed by atoms with Gasteiger partial charge in [-0.2, -0.15) is 0 Å². The molecule has 0 aliphatic carbocycles. The van der Waals surface area contributed by atoms with E-state index in [4.69, 9.17) is 0 Å². The summed E-state index contributed by atoms with van der Waals surface area (Å²) in [5.74, 6) is 0. The van der Waals surface area contributed by atoms with E-state index in [1.165, 1.54) is 65.3 Å². The lowest BCUT2D eigenvalue weighted by atomic mass is 9.86. The van der Waals surface area contributed by atoms with Crippen LogP contribution in [-0.4, -0.2) is 0 Å². The fraction of sp³-hybridized carbons (Fsp3) is 0. The second kappa shape index (κ2) is 7.57. The summed E-state index contributed by atoms with van der Waals surface area (Å²) in [5, 5.41) is 10.4. The molecule has 0 amide bonds. The van der Waals surface area contributed by atoms with Crippen molar-refractivity contribution in [3.05, 3.63) is 133 Å². The Morgan fingerprint density at radius 2 is 0.853 bits per heavy atom. The van der Waals surface area contributed by atoms with Gasteiger partial charge in [0.1, 0.15) is 0 Å². The van der Waals surface area contributed by atoms with Crippen molar-refractivity contribution in [3.8, 4) is 22.3 Å². The third-order valence-corrected chi connectivity index (χ3v) is 7.03. The van der Waals surface area contributed by atoms with E-state index in [2.05, 4.69) is 133 Å². The Labute approximate surface area is 198 Å². The lowest BCUT2D eigenvalue weighted by Gasteiger charge is -2.17. The van der Waals surface area contributed by atoms with Crippen LogP contribution in [0.5, 0.6) is 0 Å². The summed E-state index contributed by atoms with van der Waals surface area (Å²) in [6.45, 7) is 0. The average Bonchev–Trinajstić information content (AvgIpc) is 2.93. The first kappa shape index (κ1) is 19.1. The molecule has 0 aliphatic heterocycles. The van der Waals surface area contributed by atoms with Gasteiger partial charge < -0.3 is 0 Å². The number of hydrogen-bond donors (Lipinski definition) is 0. The molecular weight excluding hydrogens is 408 g/mol. The molecule has 0 aromatic heterocycles. The minimum absolute atomic E-state index is 1.25. The van der Waals surface area contributed by atoms with Crippen LogP contribution < -0.4 is 0 Å². The van der Waals surface area contributed by atoms with E-state index in [1.807, 2.05) is 0 Å². The number of rotatable bonds is 2. The molecule has 34 heavy (non-hydrogen) atoms. The fourth-order valence-electron chi connectivity index (χ4n) is 5.51. The summed E-state index contributed by atoms with van der Waals surface area (Å²) in [7, 11) is 0. The number of benzene rings is 7. The second-order valence-electron chi connectivity index (χ2n) is 8.93. The second-order valence-corrected chi connectivity index (χ2v) is 8.93. The zero-order chi connectivity index (χ0) is 22.5. The maximum Gasteiger partial charge on any atom is -0.00199 e. The Morgan fingerprint density at radius 1 is 0.294 bits per heavy atom. The summed E-state index contributed by atoms with van der Waals surface area (Å²) >= 11 is 0. The standard InChI is InChI=1S/C34H22/c1-2-11-24(12-3-1)32-21-25(27-20-10-14-23-13-4-5-15-26(23)27)22-33-30-18-7-6-16-28(30)29-17-8-9-19-31(29)34(32)33/h1-22H. The minimum Gasteiger partial charge on any atom is -0.0622 e. The first-order valence-corrected chi connectivity index (χ1v) is 11.8. The molecule has 0 saturated heterocycles. The lowest BCUT2D eigenvalue weighted by Crippen LogP contribution is -1.90. The molecule has 0 bridgehead atoms. The Balaban J connectivity index is 1.71. The molecule has 0 spiro atoms. The highest BCUT2D eigenvalue weighted by Gasteiger charge is 2.15. The maximum atomic E-state index is 2.40. The molecule has 0 radical (unpaired) electrons. The van der Waals surface area contributed by atoms with Gasteiger partial charge in [-0.05, 0) is 77.5 Å². The molecule has 0 unspecified atom stereocenters. The van der Waals surface area contributed by atoms with Gasteiger partial charge in [0.15, 0.2) is 0 Å². The molecule has 0 aliphatic rings. The van der Waals surface area contributed by atoms with Crippen molar-refractivity contribution in [2.45, 2.75) is 0 Å². The van der Waals surface area contributed by atoms with E-state index in [1.54, 1.807) is 0 Å². The first-order valence-electron chi connectivity index (χ1n) is 11.8. The van der Waals surface area contributed by atoms with E-state index in [0.29, 0.717) is 0 Å². The van der Waals surface area contributed by atoms with Crippen molar-refractivity contribution in [2.75, 3.05) is 0 Å². The van der Waals surface area contributed by atoms with Gasteiger partial charge in [-0.25, -0.2) is 0 Å². The summed E-state index contributed by atoms with van der Waals surface area (Å²) in [6.07, 6.45) is 0. The van der Waals surface area contributed by atoms with Gasteiger partial charge in [0.25, 0.3) is 0 Å². The van der Waals surface area contributed by atoms with E-state index in [9.17, 15) is 0 Å². The largest absolute Gasteiger partial charge is 0.0622 e. The molecule has 7 aromatic rings. The Morgan fingerprint density at radius 3 is 1.62 bits per heavy atom.